The second-order valence-electron chi connectivity index (χ2n) is 8.81. The van der Waals surface area contributed by atoms with Crippen LogP contribution < -0.4 is 10.6 Å². The molecule has 2 aromatic heterocycles. The van der Waals surface area contributed by atoms with E-state index in [0.717, 1.165) is 72.3 Å². The van der Waals surface area contributed by atoms with Crippen LogP contribution in [0.2, 0.25) is 0 Å². The third-order valence-electron chi connectivity index (χ3n) is 6.22. The van der Waals surface area contributed by atoms with Gasteiger partial charge in [-0.15, -0.1) is 0 Å². The van der Waals surface area contributed by atoms with Gasteiger partial charge in [0.05, 0.1) is 0 Å². The van der Waals surface area contributed by atoms with Crippen molar-refractivity contribution < 1.29 is 9.59 Å². The second-order valence-corrected chi connectivity index (χ2v) is 8.81. The van der Waals surface area contributed by atoms with Crippen molar-refractivity contribution >= 4 is 23.4 Å². The molecule has 0 unspecified atom stereocenters. The number of carbonyl (C=O) groups excluding carboxylic acids is 2. The molecule has 1 aliphatic carbocycles. The number of nitrogens with zero attached hydrogens (tertiary/aromatic N) is 3. The number of carbonyl (C=O) groups is 2. The number of urea groups is 1. The highest BCUT2D eigenvalue weighted by atomic mass is 16.2. The van der Waals surface area contributed by atoms with Crippen LogP contribution in [0.3, 0.4) is 0 Å². The van der Waals surface area contributed by atoms with Crippen molar-refractivity contribution in [2.75, 3.05) is 23.7 Å². The lowest BCUT2D eigenvalue weighted by Crippen LogP contribution is -2.32. The lowest BCUT2D eigenvalue weighted by Gasteiger charge is -2.17. The quantitative estimate of drug-likeness (QED) is 0.577. The highest BCUT2D eigenvalue weighted by Gasteiger charge is 2.29. The minimum Gasteiger partial charge on any atom is -0.325 e. The average Bonchev–Trinajstić information content (AvgIpc) is 3.54. The van der Waals surface area contributed by atoms with Gasteiger partial charge in [-0.1, -0.05) is 6.07 Å². The molecule has 0 spiro atoms. The van der Waals surface area contributed by atoms with Crippen LogP contribution in [-0.2, 0) is 4.79 Å². The molecular formula is C26H27N5O2. The Morgan fingerprint density at radius 3 is 2.52 bits per heavy atom. The van der Waals surface area contributed by atoms with Gasteiger partial charge in [0.15, 0.2) is 0 Å². The molecule has 2 fully saturated rings. The number of aryl methyl sites for hydroxylation is 1. The molecule has 0 atom stereocenters. The van der Waals surface area contributed by atoms with Crippen LogP contribution in [-0.4, -0.2) is 39.9 Å². The van der Waals surface area contributed by atoms with Gasteiger partial charge in [-0.25, -0.2) is 9.78 Å². The third-order valence-corrected chi connectivity index (χ3v) is 6.22. The summed E-state index contributed by atoms with van der Waals surface area (Å²) in [6.07, 6.45) is 9.36. The van der Waals surface area contributed by atoms with Crippen molar-refractivity contribution in [3.05, 3.63) is 60.6 Å². The molecule has 0 bridgehead atoms. The van der Waals surface area contributed by atoms with Gasteiger partial charge in [-0.2, -0.15) is 0 Å². The topological polar surface area (TPSA) is 87.2 Å². The zero-order valence-electron chi connectivity index (χ0n) is 18.7. The van der Waals surface area contributed by atoms with Crippen LogP contribution in [0.4, 0.5) is 16.3 Å². The molecule has 7 nitrogen and oxygen atoms in total. The number of anilines is 2. The Morgan fingerprint density at radius 2 is 1.73 bits per heavy atom. The first-order valence-electron chi connectivity index (χ1n) is 11.5. The van der Waals surface area contributed by atoms with Gasteiger partial charge in [-0.05, 0) is 79.6 Å². The fourth-order valence-electron chi connectivity index (χ4n) is 4.13. The molecule has 33 heavy (non-hydrogen) atoms. The lowest BCUT2D eigenvalue weighted by molar-refractivity contribution is -0.117. The summed E-state index contributed by atoms with van der Waals surface area (Å²) in [5.74, 6) is 0.717. The van der Waals surface area contributed by atoms with E-state index < -0.39 is 0 Å². The van der Waals surface area contributed by atoms with E-state index >= 15 is 0 Å². The van der Waals surface area contributed by atoms with Crippen molar-refractivity contribution in [1.29, 1.82) is 0 Å². The number of hydrogen-bond donors (Lipinski definition) is 2. The van der Waals surface area contributed by atoms with E-state index in [9.17, 15) is 9.59 Å². The fourth-order valence-corrected chi connectivity index (χ4v) is 4.13. The lowest BCUT2D eigenvalue weighted by atomic mass is 9.98. The van der Waals surface area contributed by atoms with Crippen LogP contribution in [0.1, 0.15) is 31.2 Å². The molecule has 5 rings (SSSR count). The Morgan fingerprint density at radius 1 is 0.939 bits per heavy atom. The van der Waals surface area contributed by atoms with Gasteiger partial charge >= 0.3 is 6.03 Å². The molecule has 3 heterocycles. The zero-order chi connectivity index (χ0) is 22.8. The fraction of sp³-hybridized carbons (Fsp3) is 0.308. The van der Waals surface area contributed by atoms with Gasteiger partial charge in [0, 0.05) is 54.4 Å². The van der Waals surface area contributed by atoms with Crippen molar-refractivity contribution in [1.82, 2.24) is 14.9 Å². The smallest absolute Gasteiger partial charge is 0.321 e. The van der Waals surface area contributed by atoms with Crippen LogP contribution in [0.25, 0.3) is 22.3 Å². The normalized spacial score (nSPS) is 15.4. The standard InChI is InChI=1S/C26H27N5O2/c1-17-4-7-22(29-26(33)31-10-2-3-11-31)14-23(17)21-12-20(15-27-16-21)19-8-9-28-24(13-19)30-25(32)18-5-6-18/h4,7-9,12-16,18H,2-3,5-6,10-11H2,1H3,(H,29,33)(H,28,30,32). The van der Waals surface area contributed by atoms with E-state index in [4.69, 9.17) is 0 Å². The number of amides is 3. The minimum atomic E-state index is -0.0493. The first-order valence-corrected chi connectivity index (χ1v) is 11.5. The number of aromatic nitrogens is 2. The molecule has 2 aliphatic rings. The van der Waals surface area contributed by atoms with Crippen LogP contribution in [0.5, 0.6) is 0 Å². The average molecular weight is 442 g/mol. The Balaban J connectivity index is 1.38. The van der Waals surface area contributed by atoms with Crippen molar-refractivity contribution in [2.24, 2.45) is 5.92 Å². The van der Waals surface area contributed by atoms with Gasteiger partial charge in [0.25, 0.3) is 0 Å². The van der Waals surface area contributed by atoms with E-state index in [0.29, 0.717) is 5.82 Å². The number of nitrogens with one attached hydrogen (secondary N) is 2. The molecule has 1 aliphatic heterocycles. The monoisotopic (exact) mass is 441 g/mol. The SMILES string of the molecule is Cc1ccc(NC(=O)N2CCCC2)cc1-c1cncc(-c2ccnc(NC(=O)C3CC3)c2)c1. The summed E-state index contributed by atoms with van der Waals surface area (Å²) in [5, 5.41) is 5.93. The second kappa shape index (κ2) is 9.02. The molecule has 3 amide bonds. The number of pyridine rings is 2. The maximum atomic E-state index is 12.5. The van der Waals surface area contributed by atoms with Gasteiger partial charge in [-0.3, -0.25) is 9.78 Å². The summed E-state index contributed by atoms with van der Waals surface area (Å²) < 4.78 is 0. The number of benzene rings is 1. The number of hydrogen-bond acceptors (Lipinski definition) is 4. The summed E-state index contributed by atoms with van der Waals surface area (Å²) >= 11 is 0. The maximum absolute atomic E-state index is 12.5. The molecule has 1 saturated carbocycles. The van der Waals surface area contributed by atoms with Gasteiger partial charge in [0.2, 0.25) is 5.91 Å². The molecule has 1 saturated heterocycles. The van der Waals surface area contributed by atoms with E-state index in [1.807, 2.05) is 48.4 Å². The van der Waals surface area contributed by atoms with E-state index in [2.05, 4.69) is 26.7 Å². The summed E-state index contributed by atoms with van der Waals surface area (Å²) in [6, 6.07) is 11.8. The molecule has 168 valence electrons. The van der Waals surface area contributed by atoms with Crippen molar-refractivity contribution in [3.63, 3.8) is 0 Å². The summed E-state index contributed by atoms with van der Waals surface area (Å²) in [5.41, 5.74) is 5.71. The van der Waals surface area contributed by atoms with Crippen molar-refractivity contribution in [2.45, 2.75) is 32.6 Å². The highest BCUT2D eigenvalue weighted by Crippen LogP contribution is 2.32. The third kappa shape index (κ3) is 4.87. The summed E-state index contributed by atoms with van der Waals surface area (Å²) in [4.78, 5) is 35.2. The highest BCUT2D eigenvalue weighted by molar-refractivity contribution is 5.94. The first kappa shape index (κ1) is 21.1. The van der Waals surface area contributed by atoms with Gasteiger partial charge < -0.3 is 15.5 Å². The zero-order valence-corrected chi connectivity index (χ0v) is 18.7. The summed E-state index contributed by atoms with van der Waals surface area (Å²) in [7, 11) is 0. The largest absolute Gasteiger partial charge is 0.325 e. The Bertz CT molecular complexity index is 1200. The summed E-state index contributed by atoms with van der Waals surface area (Å²) in [6.45, 7) is 3.67. The van der Waals surface area contributed by atoms with E-state index in [1.54, 1.807) is 12.4 Å². The number of likely N-dealkylation sites (tertiary alicyclic amines) is 1. The molecule has 0 radical (unpaired) electrons. The Kier molecular flexibility index (Phi) is 5.77. The predicted molar refractivity (Wildman–Crippen MR) is 129 cm³/mol. The van der Waals surface area contributed by atoms with E-state index in [-0.39, 0.29) is 17.9 Å². The molecule has 3 aromatic rings. The Labute approximate surface area is 193 Å². The molecule has 2 N–H and O–H groups in total. The van der Waals surface area contributed by atoms with Gasteiger partial charge in [0.1, 0.15) is 5.82 Å². The van der Waals surface area contributed by atoms with Crippen LogP contribution in [0, 0.1) is 12.8 Å². The van der Waals surface area contributed by atoms with Crippen molar-refractivity contribution in [3.8, 4) is 22.3 Å². The molecule has 1 aromatic carbocycles. The maximum Gasteiger partial charge on any atom is 0.321 e. The minimum absolute atomic E-state index is 0.0370. The van der Waals surface area contributed by atoms with Crippen LogP contribution in [0.15, 0.2) is 55.0 Å². The first-order chi connectivity index (χ1) is 16.1. The van der Waals surface area contributed by atoms with Crippen LogP contribution >= 0.6 is 0 Å². The molecular weight excluding hydrogens is 414 g/mol. The predicted octanol–water partition coefficient (Wildman–Crippen LogP) is 5.10. The molecule has 7 heteroatoms. The van der Waals surface area contributed by atoms with E-state index in [1.165, 1.54) is 0 Å². The Hall–Kier alpha value is -3.74. The number of rotatable bonds is 5.